The first-order valence-electron chi connectivity index (χ1n) is 8.37. The summed E-state index contributed by atoms with van der Waals surface area (Å²) in [7, 11) is 0. The summed E-state index contributed by atoms with van der Waals surface area (Å²) in [4.78, 5) is 4.35. The molecule has 0 radical (unpaired) electrons. The lowest BCUT2D eigenvalue weighted by molar-refractivity contribution is 0.291. The third kappa shape index (κ3) is 4.66. The Hall–Kier alpha value is -3.11. The maximum atomic E-state index is 12.9. The van der Waals surface area contributed by atoms with E-state index in [9.17, 15) is 4.39 Å². The SMILES string of the molecule is Nn1c(COc2ccc(F)cc2)nnc1SCc1nc(-c2cccc(Cl)c2)no1. The van der Waals surface area contributed by atoms with Crippen molar-refractivity contribution in [1.82, 2.24) is 25.0 Å². The van der Waals surface area contributed by atoms with Gasteiger partial charge in [0.25, 0.3) is 0 Å². The van der Waals surface area contributed by atoms with Crippen LogP contribution in [0, 0.1) is 5.82 Å². The highest BCUT2D eigenvalue weighted by Crippen LogP contribution is 2.24. The van der Waals surface area contributed by atoms with Gasteiger partial charge in [-0.15, -0.1) is 10.2 Å². The molecule has 0 aliphatic carbocycles. The number of aromatic nitrogens is 5. The molecule has 29 heavy (non-hydrogen) atoms. The molecule has 0 bridgehead atoms. The van der Waals surface area contributed by atoms with Gasteiger partial charge in [0.2, 0.25) is 16.9 Å². The van der Waals surface area contributed by atoms with Crippen LogP contribution in [0.3, 0.4) is 0 Å². The molecule has 0 aliphatic rings. The molecule has 0 atom stereocenters. The van der Waals surface area contributed by atoms with Crippen molar-refractivity contribution in [2.75, 3.05) is 5.84 Å². The van der Waals surface area contributed by atoms with Crippen LogP contribution in [0.25, 0.3) is 11.4 Å². The molecule has 2 heterocycles. The average molecular weight is 433 g/mol. The van der Waals surface area contributed by atoms with E-state index in [-0.39, 0.29) is 12.4 Å². The number of thioether (sulfide) groups is 1. The van der Waals surface area contributed by atoms with Crippen molar-refractivity contribution in [1.29, 1.82) is 0 Å². The van der Waals surface area contributed by atoms with Crippen LogP contribution < -0.4 is 10.6 Å². The van der Waals surface area contributed by atoms with E-state index in [1.165, 1.54) is 40.7 Å². The smallest absolute Gasteiger partial charge is 0.237 e. The first-order chi connectivity index (χ1) is 14.1. The summed E-state index contributed by atoms with van der Waals surface area (Å²) in [6.07, 6.45) is 0. The molecule has 8 nitrogen and oxygen atoms in total. The van der Waals surface area contributed by atoms with Crippen molar-refractivity contribution in [3.8, 4) is 17.1 Å². The minimum absolute atomic E-state index is 0.0924. The zero-order valence-electron chi connectivity index (χ0n) is 14.8. The summed E-state index contributed by atoms with van der Waals surface area (Å²) < 4.78 is 25.1. The number of rotatable bonds is 7. The lowest BCUT2D eigenvalue weighted by Gasteiger charge is -2.05. The van der Waals surface area contributed by atoms with Crippen molar-refractivity contribution in [3.63, 3.8) is 0 Å². The molecular weight excluding hydrogens is 419 g/mol. The van der Waals surface area contributed by atoms with E-state index in [0.29, 0.717) is 39.2 Å². The number of nitrogens with two attached hydrogens (primary N) is 1. The quantitative estimate of drug-likeness (QED) is 0.348. The van der Waals surface area contributed by atoms with Gasteiger partial charge in [-0.25, -0.2) is 9.07 Å². The highest BCUT2D eigenvalue weighted by molar-refractivity contribution is 7.98. The van der Waals surface area contributed by atoms with Crippen LogP contribution in [-0.4, -0.2) is 25.0 Å². The van der Waals surface area contributed by atoms with E-state index in [1.807, 2.05) is 12.1 Å². The third-order valence-corrected chi connectivity index (χ3v) is 4.96. The number of benzene rings is 2. The maximum absolute atomic E-state index is 12.9. The molecule has 4 aromatic rings. The van der Waals surface area contributed by atoms with Crippen LogP contribution in [0.15, 0.2) is 58.2 Å². The molecule has 0 amide bonds. The standard InChI is InChI=1S/C18H14ClFN6O2S/c19-12-3-1-2-11(8-12)17-22-16(28-25-17)10-29-18-24-23-15(26(18)21)9-27-14-6-4-13(20)5-7-14/h1-8H,9-10,21H2. The Morgan fingerprint density at radius 1 is 1.17 bits per heavy atom. The second-order valence-electron chi connectivity index (χ2n) is 5.82. The van der Waals surface area contributed by atoms with Crippen molar-refractivity contribution < 1.29 is 13.7 Å². The van der Waals surface area contributed by atoms with Gasteiger partial charge < -0.3 is 15.1 Å². The van der Waals surface area contributed by atoms with Gasteiger partial charge in [0.1, 0.15) is 18.2 Å². The molecule has 11 heteroatoms. The Morgan fingerprint density at radius 3 is 2.79 bits per heavy atom. The van der Waals surface area contributed by atoms with Gasteiger partial charge in [-0.2, -0.15) is 4.98 Å². The van der Waals surface area contributed by atoms with Gasteiger partial charge in [-0.05, 0) is 36.4 Å². The average Bonchev–Trinajstić information content (AvgIpc) is 3.33. The Bertz CT molecular complexity index is 1120. The fraction of sp³-hybridized carbons (Fsp3) is 0.111. The van der Waals surface area contributed by atoms with Gasteiger partial charge in [0, 0.05) is 10.6 Å². The summed E-state index contributed by atoms with van der Waals surface area (Å²) >= 11 is 7.28. The van der Waals surface area contributed by atoms with E-state index in [1.54, 1.807) is 12.1 Å². The summed E-state index contributed by atoms with van der Waals surface area (Å²) in [5.41, 5.74) is 0.764. The maximum Gasteiger partial charge on any atom is 0.237 e. The number of hydrogen-bond donors (Lipinski definition) is 1. The van der Waals surface area contributed by atoms with Crippen LogP contribution >= 0.6 is 23.4 Å². The first kappa shape index (κ1) is 19.2. The van der Waals surface area contributed by atoms with Gasteiger partial charge in [0.15, 0.2) is 5.82 Å². The minimum Gasteiger partial charge on any atom is -0.486 e. The van der Waals surface area contributed by atoms with Gasteiger partial charge in [0.05, 0.1) is 5.75 Å². The molecular formula is C18H14ClFN6O2S. The second kappa shape index (κ2) is 8.50. The molecule has 148 valence electrons. The van der Waals surface area contributed by atoms with E-state index < -0.39 is 0 Å². The largest absolute Gasteiger partial charge is 0.486 e. The molecule has 2 N–H and O–H groups in total. The summed E-state index contributed by atoms with van der Waals surface area (Å²) in [5.74, 6) is 7.83. The molecule has 0 spiro atoms. The Labute approximate surface area is 173 Å². The zero-order chi connectivity index (χ0) is 20.2. The van der Waals surface area contributed by atoms with Gasteiger partial charge >= 0.3 is 0 Å². The molecule has 0 aliphatic heterocycles. The lowest BCUT2D eigenvalue weighted by Crippen LogP contribution is -2.15. The van der Waals surface area contributed by atoms with Crippen molar-refractivity contribution in [3.05, 3.63) is 71.1 Å². The number of nitrogen functional groups attached to an aromatic ring is 1. The van der Waals surface area contributed by atoms with Crippen LogP contribution in [-0.2, 0) is 12.4 Å². The lowest BCUT2D eigenvalue weighted by atomic mass is 10.2. The van der Waals surface area contributed by atoms with Crippen molar-refractivity contribution in [2.45, 2.75) is 17.5 Å². The fourth-order valence-corrected chi connectivity index (χ4v) is 3.27. The highest BCUT2D eigenvalue weighted by atomic mass is 35.5. The predicted octanol–water partition coefficient (Wildman–Crippen LogP) is 3.71. The highest BCUT2D eigenvalue weighted by Gasteiger charge is 2.14. The molecule has 2 aromatic carbocycles. The number of nitrogens with zero attached hydrogens (tertiary/aromatic N) is 5. The van der Waals surface area contributed by atoms with E-state index in [2.05, 4.69) is 20.3 Å². The van der Waals surface area contributed by atoms with Gasteiger partial charge in [-0.1, -0.05) is 40.7 Å². The van der Waals surface area contributed by atoms with Crippen molar-refractivity contribution >= 4 is 23.4 Å². The van der Waals surface area contributed by atoms with Crippen LogP contribution in [0.5, 0.6) is 5.75 Å². The normalized spacial score (nSPS) is 11.0. The topological polar surface area (TPSA) is 105 Å². The molecule has 4 rings (SSSR count). The number of halogens is 2. The summed E-state index contributed by atoms with van der Waals surface area (Å²) in [6, 6.07) is 12.9. The fourth-order valence-electron chi connectivity index (χ4n) is 2.37. The third-order valence-electron chi connectivity index (χ3n) is 3.79. The molecule has 0 fully saturated rings. The Balaban J connectivity index is 1.36. The first-order valence-corrected chi connectivity index (χ1v) is 9.74. The van der Waals surface area contributed by atoms with E-state index in [4.69, 9.17) is 26.7 Å². The van der Waals surface area contributed by atoms with Crippen LogP contribution in [0.4, 0.5) is 4.39 Å². The zero-order valence-corrected chi connectivity index (χ0v) is 16.4. The van der Waals surface area contributed by atoms with Crippen LogP contribution in [0.1, 0.15) is 11.7 Å². The van der Waals surface area contributed by atoms with E-state index >= 15 is 0 Å². The monoisotopic (exact) mass is 432 g/mol. The van der Waals surface area contributed by atoms with Crippen molar-refractivity contribution in [2.24, 2.45) is 0 Å². The van der Waals surface area contributed by atoms with Gasteiger partial charge in [-0.3, -0.25) is 0 Å². The number of hydrogen-bond acceptors (Lipinski definition) is 8. The number of ether oxygens (including phenoxy) is 1. The summed E-state index contributed by atoms with van der Waals surface area (Å²) in [6.45, 7) is 0.0924. The van der Waals surface area contributed by atoms with Crippen LogP contribution in [0.2, 0.25) is 5.02 Å². The second-order valence-corrected chi connectivity index (χ2v) is 7.20. The Morgan fingerprint density at radius 2 is 2.00 bits per heavy atom. The summed E-state index contributed by atoms with van der Waals surface area (Å²) in [5, 5.41) is 13.1. The molecule has 0 saturated heterocycles. The van der Waals surface area contributed by atoms with E-state index in [0.717, 1.165) is 5.56 Å². The predicted molar refractivity (Wildman–Crippen MR) is 105 cm³/mol. The molecule has 2 aromatic heterocycles. The molecule has 0 unspecified atom stereocenters. The Kier molecular flexibility index (Phi) is 5.63. The minimum atomic E-state index is -0.336. The molecule has 0 saturated carbocycles.